The summed E-state index contributed by atoms with van der Waals surface area (Å²) in [5.41, 5.74) is 0.409. The van der Waals surface area contributed by atoms with Gasteiger partial charge in [-0.15, -0.1) is 0 Å². The minimum absolute atomic E-state index is 0.224. The summed E-state index contributed by atoms with van der Waals surface area (Å²) in [5.74, 6) is -0.379. The summed E-state index contributed by atoms with van der Waals surface area (Å²) in [5, 5.41) is 4.92. The number of hydrogen-bond acceptors (Lipinski definition) is 5. The molecule has 7 nitrogen and oxygen atoms in total. The number of benzene rings is 1. The molecule has 2 aromatic rings. The average molecular weight is 315 g/mol. The van der Waals surface area contributed by atoms with Gasteiger partial charge in [-0.1, -0.05) is 18.2 Å². The van der Waals surface area contributed by atoms with Crippen LogP contribution in [0.15, 0.2) is 48.7 Å². The number of aromatic nitrogens is 1. The van der Waals surface area contributed by atoms with E-state index in [-0.39, 0.29) is 13.2 Å². The van der Waals surface area contributed by atoms with Gasteiger partial charge in [0.05, 0.1) is 25.5 Å². The highest BCUT2D eigenvalue weighted by molar-refractivity contribution is 6.39. The number of hydrogen-bond donors (Lipinski definition) is 2. The lowest BCUT2D eigenvalue weighted by atomic mass is 10.3. The SMILES string of the molecule is COc1ccc(NC(=O)C(=O)NCCOc2ccccc2)cn1. The number of amides is 2. The Hall–Kier alpha value is -3.09. The first kappa shape index (κ1) is 16.3. The lowest BCUT2D eigenvalue weighted by Crippen LogP contribution is -2.37. The van der Waals surface area contributed by atoms with Crippen LogP contribution in [0.25, 0.3) is 0 Å². The van der Waals surface area contributed by atoms with E-state index >= 15 is 0 Å². The van der Waals surface area contributed by atoms with E-state index in [4.69, 9.17) is 9.47 Å². The Balaban J connectivity index is 1.71. The zero-order valence-electron chi connectivity index (χ0n) is 12.6. The second-order valence-electron chi connectivity index (χ2n) is 4.46. The van der Waals surface area contributed by atoms with Crippen molar-refractivity contribution in [2.45, 2.75) is 0 Å². The first-order chi connectivity index (χ1) is 11.2. The van der Waals surface area contributed by atoms with Crippen molar-refractivity contribution in [3.8, 4) is 11.6 Å². The molecular formula is C16H17N3O4. The zero-order chi connectivity index (χ0) is 16.5. The molecule has 0 aliphatic carbocycles. The second kappa shape index (κ2) is 8.38. The molecule has 0 aliphatic rings. The van der Waals surface area contributed by atoms with E-state index in [0.717, 1.165) is 0 Å². The summed E-state index contributed by atoms with van der Waals surface area (Å²) >= 11 is 0. The topological polar surface area (TPSA) is 89.5 Å². The van der Waals surface area contributed by atoms with Gasteiger partial charge < -0.3 is 20.1 Å². The Bertz CT molecular complexity index is 644. The summed E-state index contributed by atoms with van der Waals surface area (Å²) in [6, 6.07) is 12.4. The number of rotatable bonds is 6. The average Bonchev–Trinajstić information content (AvgIpc) is 2.60. The molecule has 2 N–H and O–H groups in total. The molecule has 0 radical (unpaired) electrons. The number of carbonyl (C=O) groups excluding carboxylic acids is 2. The van der Waals surface area contributed by atoms with Crippen LogP contribution in [0.1, 0.15) is 0 Å². The minimum Gasteiger partial charge on any atom is -0.492 e. The summed E-state index contributed by atoms with van der Waals surface area (Å²) in [6.45, 7) is 0.495. The Morgan fingerprint density at radius 2 is 1.87 bits per heavy atom. The summed E-state index contributed by atoms with van der Waals surface area (Å²) in [7, 11) is 1.49. The minimum atomic E-state index is -0.767. The van der Waals surface area contributed by atoms with E-state index in [1.165, 1.54) is 13.3 Å². The molecule has 23 heavy (non-hydrogen) atoms. The van der Waals surface area contributed by atoms with E-state index in [1.807, 2.05) is 30.3 Å². The van der Waals surface area contributed by atoms with Crippen LogP contribution in [0.2, 0.25) is 0 Å². The first-order valence-electron chi connectivity index (χ1n) is 6.96. The highest BCUT2D eigenvalue weighted by atomic mass is 16.5. The fourth-order valence-electron chi connectivity index (χ4n) is 1.69. The molecule has 2 amide bonds. The third-order valence-electron chi connectivity index (χ3n) is 2.81. The van der Waals surface area contributed by atoms with Gasteiger partial charge in [0, 0.05) is 6.07 Å². The number of ether oxygens (including phenoxy) is 2. The fraction of sp³-hybridized carbons (Fsp3) is 0.188. The van der Waals surface area contributed by atoms with Crippen molar-refractivity contribution >= 4 is 17.5 Å². The molecule has 0 fully saturated rings. The number of nitrogens with zero attached hydrogens (tertiary/aromatic N) is 1. The number of methoxy groups -OCH3 is 1. The van der Waals surface area contributed by atoms with Gasteiger partial charge in [0.25, 0.3) is 0 Å². The molecule has 0 saturated carbocycles. The van der Waals surface area contributed by atoms with Crippen LogP contribution in [-0.4, -0.2) is 37.1 Å². The molecule has 1 heterocycles. The largest absolute Gasteiger partial charge is 0.492 e. The van der Waals surface area contributed by atoms with E-state index in [9.17, 15) is 9.59 Å². The maximum Gasteiger partial charge on any atom is 0.313 e. The van der Waals surface area contributed by atoms with Gasteiger partial charge in [0.15, 0.2) is 0 Å². The predicted octanol–water partition coefficient (Wildman–Crippen LogP) is 1.22. The Kier molecular flexibility index (Phi) is 5.93. The van der Waals surface area contributed by atoms with Crippen molar-refractivity contribution in [2.75, 3.05) is 25.6 Å². The van der Waals surface area contributed by atoms with Crippen LogP contribution in [-0.2, 0) is 9.59 Å². The smallest absolute Gasteiger partial charge is 0.313 e. The Morgan fingerprint density at radius 1 is 1.09 bits per heavy atom. The number of pyridine rings is 1. The van der Waals surface area contributed by atoms with Gasteiger partial charge in [-0.2, -0.15) is 0 Å². The molecule has 1 aromatic heterocycles. The Morgan fingerprint density at radius 3 is 2.52 bits per heavy atom. The Labute approximate surface area is 133 Å². The molecule has 120 valence electrons. The standard InChI is InChI=1S/C16H17N3O4/c1-22-14-8-7-12(11-18-14)19-16(21)15(20)17-9-10-23-13-5-3-2-4-6-13/h2-8,11H,9-10H2,1H3,(H,17,20)(H,19,21). The van der Waals surface area contributed by atoms with Gasteiger partial charge in [0.2, 0.25) is 5.88 Å². The van der Waals surface area contributed by atoms with Crippen LogP contribution in [0.3, 0.4) is 0 Å². The zero-order valence-corrected chi connectivity index (χ0v) is 12.6. The number of carbonyl (C=O) groups is 2. The maximum absolute atomic E-state index is 11.7. The lowest BCUT2D eigenvalue weighted by molar-refractivity contribution is -0.136. The molecule has 0 atom stereocenters. The van der Waals surface area contributed by atoms with Crippen LogP contribution in [0.4, 0.5) is 5.69 Å². The van der Waals surface area contributed by atoms with E-state index < -0.39 is 11.8 Å². The third kappa shape index (κ3) is 5.31. The quantitative estimate of drug-likeness (QED) is 0.618. The second-order valence-corrected chi connectivity index (χ2v) is 4.46. The molecule has 7 heteroatoms. The number of para-hydroxylation sites is 1. The number of anilines is 1. The summed E-state index contributed by atoms with van der Waals surface area (Å²) in [4.78, 5) is 27.3. The molecule has 0 aliphatic heterocycles. The van der Waals surface area contributed by atoms with Crippen molar-refractivity contribution in [1.29, 1.82) is 0 Å². The molecular weight excluding hydrogens is 298 g/mol. The summed E-state index contributed by atoms with van der Waals surface area (Å²) in [6.07, 6.45) is 1.41. The van der Waals surface area contributed by atoms with Crippen molar-refractivity contribution in [3.05, 3.63) is 48.7 Å². The molecule has 1 aromatic carbocycles. The van der Waals surface area contributed by atoms with Crippen LogP contribution >= 0.6 is 0 Å². The molecule has 0 saturated heterocycles. The predicted molar refractivity (Wildman–Crippen MR) is 84.4 cm³/mol. The van der Waals surface area contributed by atoms with Gasteiger partial charge in [-0.25, -0.2) is 4.98 Å². The van der Waals surface area contributed by atoms with Gasteiger partial charge >= 0.3 is 11.8 Å². The number of nitrogens with one attached hydrogen (secondary N) is 2. The van der Waals surface area contributed by atoms with Gasteiger partial charge in [0.1, 0.15) is 12.4 Å². The van der Waals surface area contributed by atoms with E-state index in [1.54, 1.807) is 12.1 Å². The lowest BCUT2D eigenvalue weighted by Gasteiger charge is -2.08. The molecule has 2 rings (SSSR count). The normalized spacial score (nSPS) is 9.78. The van der Waals surface area contributed by atoms with Crippen molar-refractivity contribution in [3.63, 3.8) is 0 Å². The van der Waals surface area contributed by atoms with Crippen molar-refractivity contribution in [1.82, 2.24) is 10.3 Å². The van der Waals surface area contributed by atoms with E-state index in [2.05, 4.69) is 15.6 Å². The highest BCUT2D eigenvalue weighted by Crippen LogP contribution is 2.10. The summed E-state index contributed by atoms with van der Waals surface area (Å²) < 4.78 is 10.3. The molecule has 0 unspecified atom stereocenters. The molecule has 0 spiro atoms. The van der Waals surface area contributed by atoms with Crippen LogP contribution < -0.4 is 20.1 Å². The highest BCUT2D eigenvalue weighted by Gasteiger charge is 2.13. The van der Waals surface area contributed by atoms with Gasteiger partial charge in [-0.05, 0) is 18.2 Å². The first-order valence-corrected chi connectivity index (χ1v) is 6.96. The van der Waals surface area contributed by atoms with Gasteiger partial charge in [-0.3, -0.25) is 9.59 Å². The van der Waals surface area contributed by atoms with Crippen LogP contribution in [0, 0.1) is 0 Å². The monoisotopic (exact) mass is 315 g/mol. The maximum atomic E-state index is 11.7. The third-order valence-corrected chi connectivity index (χ3v) is 2.81. The van der Waals surface area contributed by atoms with E-state index in [0.29, 0.717) is 17.3 Å². The van der Waals surface area contributed by atoms with Crippen LogP contribution in [0.5, 0.6) is 11.6 Å². The molecule has 0 bridgehead atoms. The van der Waals surface area contributed by atoms with Crippen molar-refractivity contribution in [2.24, 2.45) is 0 Å². The van der Waals surface area contributed by atoms with Crippen molar-refractivity contribution < 1.29 is 19.1 Å². The fourth-order valence-corrected chi connectivity index (χ4v) is 1.69.